The number of nitrogens with zero attached hydrogens (tertiary/aromatic N) is 4. The average Bonchev–Trinajstić information content (AvgIpc) is 2.92. The van der Waals surface area contributed by atoms with Crippen LogP contribution < -0.4 is 10.0 Å². The molecule has 0 atom stereocenters. The number of amides is 1. The predicted molar refractivity (Wildman–Crippen MR) is 160 cm³/mol. The summed E-state index contributed by atoms with van der Waals surface area (Å²) in [6, 6.07) is 9.02. The first-order valence-electron chi connectivity index (χ1n) is 14.5. The Labute approximate surface area is 240 Å². The minimum atomic E-state index is -3.24. The number of carbonyl (C=O) groups is 1. The van der Waals surface area contributed by atoms with Crippen LogP contribution in [-0.2, 0) is 22.0 Å². The first kappa shape index (κ1) is 30.4. The lowest BCUT2D eigenvalue weighted by Crippen LogP contribution is -2.52. The van der Waals surface area contributed by atoms with Crippen molar-refractivity contribution >= 4 is 21.7 Å². The Bertz CT molecular complexity index is 1260. The first-order valence-corrected chi connectivity index (χ1v) is 16.1. The van der Waals surface area contributed by atoms with Gasteiger partial charge in [-0.15, -0.1) is 0 Å². The van der Waals surface area contributed by atoms with Gasteiger partial charge in [0.25, 0.3) is 5.91 Å². The number of piperidine rings is 2. The Morgan fingerprint density at radius 3 is 2.20 bits per heavy atom. The number of nitrogens with one attached hydrogen (secondary N) is 2. The molecule has 0 aliphatic carbocycles. The van der Waals surface area contributed by atoms with Crippen molar-refractivity contribution in [2.75, 3.05) is 31.5 Å². The molecule has 2 saturated heterocycles. The Morgan fingerprint density at radius 2 is 1.62 bits per heavy atom. The van der Waals surface area contributed by atoms with E-state index in [1.165, 1.54) is 11.9 Å². The Hall–Kier alpha value is -2.56. The number of carbonyl (C=O) groups excluding carboxylic acids is 1. The second-order valence-corrected chi connectivity index (χ2v) is 14.8. The number of rotatable bonds is 8. The van der Waals surface area contributed by atoms with Crippen molar-refractivity contribution in [1.29, 1.82) is 0 Å². The van der Waals surface area contributed by atoms with E-state index in [2.05, 4.69) is 69.9 Å². The van der Waals surface area contributed by atoms with Crippen molar-refractivity contribution in [3.63, 3.8) is 0 Å². The fourth-order valence-corrected chi connectivity index (χ4v) is 6.46. The van der Waals surface area contributed by atoms with Gasteiger partial charge in [0.1, 0.15) is 17.8 Å². The summed E-state index contributed by atoms with van der Waals surface area (Å²) in [6.45, 7) is 15.7. The molecule has 40 heavy (non-hydrogen) atoms. The fraction of sp³-hybridized carbons (Fsp3) is 0.633. The molecule has 1 aromatic carbocycles. The largest absolute Gasteiger partial charge is 0.366 e. The van der Waals surface area contributed by atoms with Crippen LogP contribution in [0.15, 0.2) is 30.6 Å². The highest BCUT2D eigenvalue weighted by Gasteiger charge is 2.32. The molecule has 3 heterocycles. The number of benzene rings is 1. The van der Waals surface area contributed by atoms with Crippen molar-refractivity contribution in [2.45, 2.75) is 96.5 Å². The van der Waals surface area contributed by atoms with E-state index in [4.69, 9.17) is 0 Å². The monoisotopic (exact) mass is 570 g/mol. The molecule has 2 aromatic rings. The third kappa shape index (κ3) is 7.39. The van der Waals surface area contributed by atoms with Gasteiger partial charge in [-0.2, -0.15) is 0 Å². The van der Waals surface area contributed by atoms with Gasteiger partial charge < -0.3 is 15.1 Å². The summed E-state index contributed by atoms with van der Waals surface area (Å²) in [5, 5.41) is 2.97. The van der Waals surface area contributed by atoms with Gasteiger partial charge in [0.05, 0.1) is 5.25 Å². The number of likely N-dealkylation sites (tertiary alicyclic amines) is 2. The minimum absolute atomic E-state index is 0.0108. The maximum atomic E-state index is 13.4. The Balaban J connectivity index is 1.28. The Kier molecular flexibility index (Phi) is 9.52. The lowest BCUT2D eigenvalue weighted by atomic mass is 9.87. The highest BCUT2D eigenvalue weighted by Crippen LogP contribution is 2.25. The molecule has 2 aliphatic heterocycles. The molecule has 0 unspecified atom stereocenters. The number of anilines is 1. The summed E-state index contributed by atoms with van der Waals surface area (Å²) in [5.74, 6) is 0.641. The summed E-state index contributed by atoms with van der Waals surface area (Å²) in [5.41, 5.74) is 3.79. The van der Waals surface area contributed by atoms with E-state index in [0.29, 0.717) is 37.2 Å². The van der Waals surface area contributed by atoms with Gasteiger partial charge in [0, 0.05) is 37.3 Å². The zero-order valence-corrected chi connectivity index (χ0v) is 25.7. The van der Waals surface area contributed by atoms with Crippen LogP contribution in [-0.4, -0.2) is 77.6 Å². The molecule has 2 N–H and O–H groups in total. The van der Waals surface area contributed by atoms with Gasteiger partial charge >= 0.3 is 0 Å². The Morgan fingerprint density at radius 1 is 1.00 bits per heavy atom. The van der Waals surface area contributed by atoms with Crippen LogP contribution >= 0.6 is 0 Å². The quantitative estimate of drug-likeness (QED) is 0.492. The van der Waals surface area contributed by atoms with E-state index >= 15 is 0 Å². The lowest BCUT2D eigenvalue weighted by Gasteiger charge is -2.42. The molecule has 4 rings (SSSR count). The molecule has 0 spiro atoms. The highest BCUT2D eigenvalue weighted by atomic mass is 32.2. The molecule has 1 aromatic heterocycles. The molecule has 2 fully saturated rings. The maximum absolute atomic E-state index is 13.4. The minimum Gasteiger partial charge on any atom is -0.366 e. The van der Waals surface area contributed by atoms with E-state index in [-0.39, 0.29) is 17.4 Å². The topological polar surface area (TPSA) is 108 Å². The van der Waals surface area contributed by atoms with Gasteiger partial charge in [0.15, 0.2) is 0 Å². The van der Waals surface area contributed by atoms with E-state index in [1.54, 1.807) is 13.8 Å². The molecule has 1 amide bonds. The zero-order valence-electron chi connectivity index (χ0n) is 24.9. The standard InChI is InChI=1S/C30H46N6O3S/c1-21(2)40(38,39)34-25-11-15-35(16-12-25)26-13-17-36(18-14-26)29(37)27-22(3)28(33-20-32-27)31-19-23-7-9-24(10-8-23)30(4,5)6/h7-10,20-21,25-26,34H,11-19H2,1-6H3,(H,31,32,33). The second kappa shape index (κ2) is 12.5. The number of aromatic nitrogens is 2. The number of hydrogen-bond donors (Lipinski definition) is 2. The van der Waals surface area contributed by atoms with Gasteiger partial charge in [-0.05, 0) is 76.1 Å². The zero-order chi connectivity index (χ0) is 29.1. The fourth-order valence-electron chi connectivity index (χ4n) is 5.49. The van der Waals surface area contributed by atoms with Gasteiger partial charge in [-0.3, -0.25) is 4.79 Å². The average molecular weight is 571 g/mol. The van der Waals surface area contributed by atoms with Crippen molar-refractivity contribution < 1.29 is 13.2 Å². The van der Waals surface area contributed by atoms with Crippen molar-refractivity contribution in [2.24, 2.45) is 0 Å². The van der Waals surface area contributed by atoms with Crippen LogP contribution in [0.25, 0.3) is 0 Å². The van der Waals surface area contributed by atoms with Crippen LogP contribution in [0.2, 0.25) is 0 Å². The van der Waals surface area contributed by atoms with Crippen molar-refractivity contribution in [3.05, 3.63) is 53.0 Å². The normalized spacial score (nSPS) is 18.3. The molecule has 10 heteroatoms. The van der Waals surface area contributed by atoms with Crippen LogP contribution in [0.4, 0.5) is 5.82 Å². The van der Waals surface area contributed by atoms with Crippen molar-refractivity contribution in [3.8, 4) is 0 Å². The predicted octanol–water partition coefficient (Wildman–Crippen LogP) is 4.09. The number of hydrogen-bond acceptors (Lipinski definition) is 7. The van der Waals surface area contributed by atoms with Crippen LogP contribution in [0.1, 0.15) is 87.5 Å². The summed E-state index contributed by atoms with van der Waals surface area (Å²) >= 11 is 0. The summed E-state index contributed by atoms with van der Waals surface area (Å²) in [4.78, 5) is 26.6. The van der Waals surface area contributed by atoms with E-state index in [1.807, 2.05) is 11.8 Å². The smallest absolute Gasteiger partial charge is 0.272 e. The first-order chi connectivity index (χ1) is 18.8. The van der Waals surface area contributed by atoms with Crippen LogP contribution in [0.3, 0.4) is 0 Å². The maximum Gasteiger partial charge on any atom is 0.272 e. The van der Waals surface area contributed by atoms with Gasteiger partial charge in [0.2, 0.25) is 10.0 Å². The molecule has 220 valence electrons. The summed E-state index contributed by atoms with van der Waals surface area (Å²) in [6.07, 6.45) is 4.93. The molecular weight excluding hydrogens is 524 g/mol. The molecule has 2 aliphatic rings. The third-order valence-corrected chi connectivity index (χ3v) is 10.2. The second-order valence-electron chi connectivity index (χ2n) is 12.5. The van der Waals surface area contributed by atoms with Gasteiger partial charge in [-0.25, -0.2) is 23.1 Å². The van der Waals surface area contributed by atoms with Crippen LogP contribution in [0.5, 0.6) is 0 Å². The molecular formula is C30H46N6O3S. The molecule has 0 saturated carbocycles. The van der Waals surface area contributed by atoms with Crippen LogP contribution in [0, 0.1) is 6.92 Å². The number of sulfonamides is 1. The third-order valence-electron chi connectivity index (χ3n) is 8.32. The highest BCUT2D eigenvalue weighted by molar-refractivity contribution is 7.90. The van der Waals surface area contributed by atoms with E-state index in [9.17, 15) is 13.2 Å². The lowest BCUT2D eigenvalue weighted by molar-refractivity contribution is 0.0570. The van der Waals surface area contributed by atoms with E-state index < -0.39 is 15.3 Å². The van der Waals surface area contributed by atoms with Crippen molar-refractivity contribution in [1.82, 2.24) is 24.5 Å². The summed E-state index contributed by atoms with van der Waals surface area (Å²) in [7, 11) is -3.24. The van der Waals surface area contributed by atoms with E-state index in [0.717, 1.165) is 49.9 Å². The summed E-state index contributed by atoms with van der Waals surface area (Å²) < 4.78 is 27.3. The SMILES string of the molecule is Cc1c(NCc2ccc(C(C)(C)C)cc2)ncnc1C(=O)N1CCC(N2CCC(NS(=O)(=O)C(C)C)CC2)CC1. The molecule has 9 nitrogen and oxygen atoms in total. The molecule has 0 radical (unpaired) electrons. The van der Waals surface area contributed by atoms with Gasteiger partial charge in [-0.1, -0.05) is 45.0 Å². The molecule has 0 bridgehead atoms.